The summed E-state index contributed by atoms with van der Waals surface area (Å²) < 4.78 is 0. The van der Waals surface area contributed by atoms with Gasteiger partial charge in [0.05, 0.1) is 10.4 Å². The third kappa shape index (κ3) is 1.66. The highest BCUT2D eigenvalue weighted by atomic mass is 35.5. The minimum absolute atomic E-state index is 0.0762. The van der Waals surface area contributed by atoms with E-state index in [0.717, 1.165) is 10.4 Å². The topological polar surface area (TPSA) is 33.1 Å². The van der Waals surface area contributed by atoms with E-state index in [9.17, 15) is 5.11 Å². The van der Waals surface area contributed by atoms with Crippen LogP contribution in [-0.4, -0.2) is 10.1 Å². The van der Waals surface area contributed by atoms with Crippen LogP contribution in [0.1, 0.15) is 0 Å². The number of nitrogens with zero attached hydrogens (tertiary/aromatic N) is 1. The number of benzene rings is 1. The fraction of sp³-hybridized carbons (Fsp3) is 0. The molecule has 13 heavy (non-hydrogen) atoms. The van der Waals surface area contributed by atoms with Crippen molar-refractivity contribution in [1.82, 2.24) is 4.98 Å². The molecule has 1 N–H and O–H groups in total. The summed E-state index contributed by atoms with van der Waals surface area (Å²) in [7, 11) is 0. The van der Waals surface area contributed by atoms with Gasteiger partial charge < -0.3 is 5.11 Å². The smallest absolute Gasteiger partial charge is 0.230 e. The zero-order valence-corrected chi connectivity index (χ0v) is 8.14. The molecule has 2 rings (SSSR count). The van der Waals surface area contributed by atoms with Gasteiger partial charge in [-0.3, -0.25) is 0 Å². The maximum atomic E-state index is 9.34. The lowest BCUT2D eigenvalue weighted by Crippen LogP contribution is -1.72. The first-order valence-electron chi connectivity index (χ1n) is 3.66. The maximum absolute atomic E-state index is 9.34. The van der Waals surface area contributed by atoms with Crippen molar-refractivity contribution >= 4 is 22.9 Å². The Balaban J connectivity index is 2.47. The molecule has 0 saturated heterocycles. The molecule has 66 valence electrons. The predicted molar refractivity (Wildman–Crippen MR) is 54.2 cm³/mol. The first-order valence-corrected chi connectivity index (χ1v) is 4.91. The van der Waals surface area contributed by atoms with Gasteiger partial charge in [-0.15, -0.1) is 11.3 Å². The van der Waals surface area contributed by atoms with E-state index in [4.69, 9.17) is 11.6 Å². The lowest BCUT2D eigenvalue weighted by Gasteiger charge is -1.96. The van der Waals surface area contributed by atoms with Crippen LogP contribution in [0.15, 0.2) is 29.8 Å². The van der Waals surface area contributed by atoms with Crippen molar-refractivity contribution < 1.29 is 5.11 Å². The zero-order chi connectivity index (χ0) is 9.26. The molecule has 0 fully saturated rings. The van der Waals surface area contributed by atoms with Crippen LogP contribution in [0.5, 0.6) is 5.88 Å². The van der Waals surface area contributed by atoms with Gasteiger partial charge in [0.1, 0.15) is 0 Å². The molecule has 0 bridgehead atoms. The third-order valence-electron chi connectivity index (χ3n) is 1.66. The summed E-state index contributed by atoms with van der Waals surface area (Å²) in [5.74, 6) is 0.0762. The van der Waals surface area contributed by atoms with E-state index < -0.39 is 0 Å². The molecule has 0 saturated carbocycles. The molecule has 0 radical (unpaired) electrons. The van der Waals surface area contributed by atoms with Crippen LogP contribution in [0.3, 0.4) is 0 Å². The Morgan fingerprint density at radius 1 is 1.23 bits per heavy atom. The zero-order valence-electron chi connectivity index (χ0n) is 6.57. The minimum atomic E-state index is 0.0762. The van der Waals surface area contributed by atoms with Crippen molar-refractivity contribution in [1.29, 1.82) is 0 Å². The molecule has 0 amide bonds. The van der Waals surface area contributed by atoms with Crippen LogP contribution in [0, 0.1) is 0 Å². The Kier molecular flexibility index (Phi) is 2.20. The van der Waals surface area contributed by atoms with Crippen LogP contribution in [0.25, 0.3) is 10.4 Å². The number of hydrogen-bond donors (Lipinski definition) is 1. The largest absolute Gasteiger partial charge is 0.492 e. The monoisotopic (exact) mass is 211 g/mol. The highest BCUT2D eigenvalue weighted by Crippen LogP contribution is 2.32. The molecule has 0 spiro atoms. The summed E-state index contributed by atoms with van der Waals surface area (Å²) in [4.78, 5) is 4.53. The van der Waals surface area contributed by atoms with Crippen molar-refractivity contribution in [3.63, 3.8) is 0 Å². The van der Waals surface area contributed by atoms with E-state index in [1.807, 2.05) is 12.1 Å². The molecule has 0 unspecified atom stereocenters. The third-order valence-corrected chi connectivity index (χ3v) is 2.77. The number of aromatic nitrogens is 1. The van der Waals surface area contributed by atoms with Gasteiger partial charge in [-0.1, -0.05) is 23.7 Å². The van der Waals surface area contributed by atoms with Gasteiger partial charge in [0.15, 0.2) is 0 Å². The van der Waals surface area contributed by atoms with Gasteiger partial charge in [0.2, 0.25) is 5.88 Å². The van der Waals surface area contributed by atoms with Gasteiger partial charge in [-0.2, -0.15) is 0 Å². The average Bonchev–Trinajstić information content (AvgIpc) is 2.53. The van der Waals surface area contributed by atoms with E-state index in [2.05, 4.69) is 4.98 Å². The standard InChI is InChI=1S/C9H6ClNOS/c10-7-3-1-6(2-4-7)8-9(12)11-5-13-8/h1-5,12H. The summed E-state index contributed by atoms with van der Waals surface area (Å²) in [6, 6.07) is 7.29. The molecule has 1 aromatic heterocycles. The first kappa shape index (κ1) is 8.53. The van der Waals surface area contributed by atoms with E-state index in [1.54, 1.807) is 17.6 Å². The van der Waals surface area contributed by atoms with E-state index in [1.165, 1.54) is 11.3 Å². The highest BCUT2D eigenvalue weighted by Gasteiger charge is 2.05. The van der Waals surface area contributed by atoms with Crippen molar-refractivity contribution in [3.05, 3.63) is 34.8 Å². The Hall–Kier alpha value is -1.06. The molecule has 0 aliphatic heterocycles. The summed E-state index contributed by atoms with van der Waals surface area (Å²) in [5.41, 5.74) is 2.55. The summed E-state index contributed by atoms with van der Waals surface area (Å²) in [6.45, 7) is 0. The van der Waals surface area contributed by atoms with Crippen molar-refractivity contribution in [2.45, 2.75) is 0 Å². The summed E-state index contributed by atoms with van der Waals surface area (Å²) >= 11 is 7.14. The van der Waals surface area contributed by atoms with Crippen LogP contribution >= 0.6 is 22.9 Å². The fourth-order valence-electron chi connectivity index (χ4n) is 1.04. The van der Waals surface area contributed by atoms with Gasteiger partial charge in [-0.25, -0.2) is 4.98 Å². The quantitative estimate of drug-likeness (QED) is 0.786. The Bertz CT molecular complexity index is 410. The number of halogens is 1. The lowest BCUT2D eigenvalue weighted by atomic mass is 10.2. The SMILES string of the molecule is Oc1ncsc1-c1ccc(Cl)cc1. The van der Waals surface area contributed by atoms with Gasteiger partial charge in [0.25, 0.3) is 0 Å². The van der Waals surface area contributed by atoms with E-state index in [-0.39, 0.29) is 5.88 Å². The summed E-state index contributed by atoms with van der Waals surface area (Å²) in [6.07, 6.45) is 0. The van der Waals surface area contributed by atoms with Crippen LogP contribution in [0.2, 0.25) is 5.02 Å². The average molecular weight is 212 g/mol. The molecule has 0 aliphatic rings. The normalized spacial score (nSPS) is 10.2. The van der Waals surface area contributed by atoms with Crippen LogP contribution < -0.4 is 0 Å². The molecule has 0 aliphatic carbocycles. The van der Waals surface area contributed by atoms with Crippen molar-refractivity contribution in [2.24, 2.45) is 0 Å². The molecule has 2 nitrogen and oxygen atoms in total. The molecular weight excluding hydrogens is 206 g/mol. The van der Waals surface area contributed by atoms with Gasteiger partial charge >= 0.3 is 0 Å². The van der Waals surface area contributed by atoms with Crippen LogP contribution in [-0.2, 0) is 0 Å². The highest BCUT2D eigenvalue weighted by molar-refractivity contribution is 7.13. The first-order chi connectivity index (χ1) is 6.27. The Morgan fingerprint density at radius 3 is 2.46 bits per heavy atom. The predicted octanol–water partition coefficient (Wildman–Crippen LogP) is 3.17. The maximum Gasteiger partial charge on any atom is 0.230 e. The second-order valence-corrected chi connectivity index (χ2v) is 3.80. The Labute approximate surface area is 84.4 Å². The van der Waals surface area contributed by atoms with Crippen molar-refractivity contribution in [2.75, 3.05) is 0 Å². The second-order valence-electron chi connectivity index (χ2n) is 2.51. The lowest BCUT2D eigenvalue weighted by molar-refractivity contribution is 0.459. The van der Waals surface area contributed by atoms with Gasteiger partial charge in [0, 0.05) is 5.02 Å². The second kappa shape index (κ2) is 3.36. The number of hydrogen-bond acceptors (Lipinski definition) is 3. The molecule has 1 aromatic carbocycles. The summed E-state index contributed by atoms with van der Waals surface area (Å²) in [5, 5.41) is 10.0. The Morgan fingerprint density at radius 2 is 1.92 bits per heavy atom. The molecule has 0 atom stereocenters. The number of aromatic hydroxyl groups is 1. The molecule has 2 aromatic rings. The number of thiazole rings is 1. The minimum Gasteiger partial charge on any atom is -0.492 e. The van der Waals surface area contributed by atoms with E-state index in [0.29, 0.717) is 5.02 Å². The number of rotatable bonds is 1. The van der Waals surface area contributed by atoms with E-state index >= 15 is 0 Å². The molecule has 4 heteroatoms. The molecular formula is C9H6ClNOS. The van der Waals surface area contributed by atoms with Gasteiger partial charge in [-0.05, 0) is 17.7 Å². The van der Waals surface area contributed by atoms with Crippen LogP contribution in [0.4, 0.5) is 0 Å². The molecule has 1 heterocycles. The fourth-order valence-corrected chi connectivity index (χ4v) is 1.85. The van der Waals surface area contributed by atoms with Crippen molar-refractivity contribution in [3.8, 4) is 16.3 Å².